The smallest absolute Gasteiger partial charge is 0.267 e. The molecule has 0 aromatic heterocycles. The quantitative estimate of drug-likeness (QED) is 0.719. The molecule has 4 N–H and O–H groups in total. The van der Waals surface area contributed by atoms with Gasteiger partial charge < -0.3 is 16.4 Å². The van der Waals surface area contributed by atoms with E-state index in [1.807, 2.05) is 25.1 Å². The predicted molar refractivity (Wildman–Crippen MR) is 92.7 cm³/mol. The zero-order valence-corrected chi connectivity index (χ0v) is 14.1. The molecule has 2 heterocycles. The molecule has 25 heavy (non-hydrogen) atoms. The minimum absolute atomic E-state index is 0.0692. The third kappa shape index (κ3) is 3.00. The van der Waals surface area contributed by atoms with Gasteiger partial charge in [0.1, 0.15) is 11.4 Å². The van der Waals surface area contributed by atoms with Crippen LogP contribution in [-0.2, 0) is 14.4 Å². The maximum atomic E-state index is 12.7. The Kier molecular flexibility index (Phi) is 4.31. The van der Waals surface area contributed by atoms with Gasteiger partial charge in [0, 0.05) is 17.4 Å². The number of hydrogen-bond acceptors (Lipinski definition) is 4. The Morgan fingerprint density at radius 3 is 2.60 bits per heavy atom. The van der Waals surface area contributed by atoms with E-state index in [-0.39, 0.29) is 17.5 Å². The van der Waals surface area contributed by atoms with Crippen molar-refractivity contribution < 1.29 is 14.4 Å². The van der Waals surface area contributed by atoms with Crippen molar-refractivity contribution in [2.45, 2.75) is 32.7 Å². The average molecular weight is 340 g/mol. The van der Waals surface area contributed by atoms with E-state index in [9.17, 15) is 14.4 Å². The molecule has 1 atom stereocenters. The van der Waals surface area contributed by atoms with E-state index in [1.54, 1.807) is 19.1 Å². The summed E-state index contributed by atoms with van der Waals surface area (Å²) in [4.78, 5) is 38.5. The molecule has 2 aliphatic heterocycles. The zero-order chi connectivity index (χ0) is 18.1. The summed E-state index contributed by atoms with van der Waals surface area (Å²) in [7, 11) is 0. The Morgan fingerprint density at radius 1 is 1.28 bits per heavy atom. The highest BCUT2D eigenvalue weighted by molar-refractivity contribution is 6.20. The average Bonchev–Trinajstić information content (AvgIpc) is 2.55. The van der Waals surface area contributed by atoms with Gasteiger partial charge in [-0.1, -0.05) is 18.2 Å². The molecule has 3 rings (SSSR count). The van der Waals surface area contributed by atoms with E-state index in [0.29, 0.717) is 35.6 Å². The highest BCUT2D eigenvalue weighted by atomic mass is 16.2. The molecule has 2 aliphatic rings. The number of carbonyl (C=O) groups excluding carboxylic acids is 3. The van der Waals surface area contributed by atoms with Crippen molar-refractivity contribution in [2.75, 3.05) is 5.32 Å². The number of nitrogens with one attached hydrogen (secondary N) is 2. The summed E-state index contributed by atoms with van der Waals surface area (Å²) in [5.41, 5.74) is 6.79. The molecule has 7 heteroatoms. The third-order valence-corrected chi connectivity index (χ3v) is 4.45. The topological polar surface area (TPSA) is 105 Å². The van der Waals surface area contributed by atoms with Crippen LogP contribution in [0.4, 0.5) is 5.69 Å². The van der Waals surface area contributed by atoms with Gasteiger partial charge in [0.2, 0.25) is 0 Å². The number of fused-ring (bicyclic) bond motifs is 1. The second kappa shape index (κ2) is 6.43. The first-order chi connectivity index (χ1) is 11.9. The van der Waals surface area contributed by atoms with Crippen molar-refractivity contribution in [2.24, 2.45) is 5.73 Å². The molecule has 0 bridgehead atoms. The van der Waals surface area contributed by atoms with E-state index in [0.717, 1.165) is 0 Å². The van der Waals surface area contributed by atoms with Crippen molar-refractivity contribution in [3.05, 3.63) is 53.0 Å². The van der Waals surface area contributed by atoms with Crippen LogP contribution in [0.25, 0.3) is 0 Å². The summed E-state index contributed by atoms with van der Waals surface area (Å²) in [6, 6.07) is 8.98. The summed E-state index contributed by atoms with van der Waals surface area (Å²) >= 11 is 0. The number of nitrogens with two attached hydrogens (primary N) is 1. The predicted octanol–water partition coefficient (Wildman–Crippen LogP) is 1.21. The Hall–Kier alpha value is -3.09. The van der Waals surface area contributed by atoms with Gasteiger partial charge in [0.25, 0.3) is 17.7 Å². The Bertz CT molecular complexity index is 811. The molecule has 0 saturated carbocycles. The van der Waals surface area contributed by atoms with Crippen LogP contribution in [-0.4, -0.2) is 28.7 Å². The first-order valence-corrected chi connectivity index (χ1v) is 8.11. The van der Waals surface area contributed by atoms with Gasteiger partial charge in [-0.05, 0) is 38.8 Å². The maximum absolute atomic E-state index is 12.7. The van der Waals surface area contributed by atoms with Gasteiger partial charge in [-0.3, -0.25) is 19.3 Å². The number of hydrogen-bond donors (Lipinski definition) is 3. The van der Waals surface area contributed by atoms with Gasteiger partial charge in [-0.2, -0.15) is 0 Å². The number of para-hydroxylation sites is 1. The van der Waals surface area contributed by atoms with Crippen LogP contribution in [0.15, 0.2) is 53.0 Å². The van der Waals surface area contributed by atoms with Crippen LogP contribution in [0, 0.1) is 0 Å². The van der Waals surface area contributed by atoms with Crippen LogP contribution >= 0.6 is 0 Å². The minimum Gasteiger partial charge on any atom is -0.365 e. The molecule has 0 saturated heterocycles. The van der Waals surface area contributed by atoms with E-state index in [1.165, 1.54) is 4.90 Å². The van der Waals surface area contributed by atoms with Gasteiger partial charge >= 0.3 is 0 Å². The highest BCUT2D eigenvalue weighted by Gasteiger charge is 2.39. The Balaban J connectivity index is 1.99. The molecule has 0 fully saturated rings. The molecule has 0 aliphatic carbocycles. The summed E-state index contributed by atoms with van der Waals surface area (Å²) < 4.78 is 0. The second-order valence-corrected chi connectivity index (χ2v) is 6.20. The van der Waals surface area contributed by atoms with E-state index >= 15 is 0 Å². The van der Waals surface area contributed by atoms with Gasteiger partial charge in [0.15, 0.2) is 0 Å². The van der Waals surface area contributed by atoms with Crippen LogP contribution in [0.2, 0.25) is 0 Å². The normalized spacial score (nSPS) is 20.2. The Labute approximate surface area is 145 Å². The van der Waals surface area contributed by atoms with Crippen molar-refractivity contribution in [3.8, 4) is 0 Å². The number of primary amides is 1. The summed E-state index contributed by atoms with van der Waals surface area (Å²) in [5, 5.41) is 5.87. The number of anilines is 1. The van der Waals surface area contributed by atoms with Crippen LogP contribution in [0.5, 0.6) is 0 Å². The van der Waals surface area contributed by atoms with Crippen molar-refractivity contribution >= 4 is 23.4 Å². The molecule has 7 nitrogen and oxygen atoms in total. The van der Waals surface area contributed by atoms with Crippen LogP contribution in [0.3, 0.4) is 0 Å². The van der Waals surface area contributed by atoms with Crippen LogP contribution in [0.1, 0.15) is 26.7 Å². The van der Waals surface area contributed by atoms with E-state index < -0.39 is 11.8 Å². The molecule has 3 amide bonds. The van der Waals surface area contributed by atoms with E-state index in [2.05, 4.69) is 10.6 Å². The second-order valence-electron chi connectivity index (χ2n) is 6.20. The van der Waals surface area contributed by atoms with Crippen molar-refractivity contribution in [1.29, 1.82) is 0 Å². The van der Waals surface area contributed by atoms with Crippen molar-refractivity contribution in [3.63, 3.8) is 0 Å². The maximum Gasteiger partial charge on any atom is 0.267 e. The largest absolute Gasteiger partial charge is 0.365 e. The molecule has 0 radical (unpaired) electrons. The monoisotopic (exact) mass is 340 g/mol. The molecule has 1 aromatic rings. The lowest BCUT2D eigenvalue weighted by atomic mass is 9.95. The number of benzene rings is 1. The number of amides is 3. The SMILES string of the molecule is CC1=C(C(N)=O)C(=O)N2C(=C(C(=O)Nc3ccccc3)CCC2C)N1. The highest BCUT2D eigenvalue weighted by Crippen LogP contribution is 2.31. The lowest BCUT2D eigenvalue weighted by molar-refractivity contribution is -0.131. The molecule has 130 valence electrons. The number of rotatable bonds is 3. The zero-order valence-electron chi connectivity index (χ0n) is 14.1. The number of nitrogens with zero attached hydrogens (tertiary/aromatic N) is 1. The summed E-state index contributed by atoms with van der Waals surface area (Å²) in [6.07, 6.45) is 1.16. The fourth-order valence-electron chi connectivity index (χ4n) is 3.16. The number of carbonyl (C=O) groups is 3. The molecular weight excluding hydrogens is 320 g/mol. The summed E-state index contributed by atoms with van der Waals surface area (Å²) in [5.74, 6) is -1.08. The van der Waals surface area contributed by atoms with E-state index in [4.69, 9.17) is 5.73 Å². The summed E-state index contributed by atoms with van der Waals surface area (Å²) in [6.45, 7) is 3.49. The fraction of sp³-hybridized carbons (Fsp3) is 0.278. The van der Waals surface area contributed by atoms with Gasteiger partial charge in [-0.15, -0.1) is 0 Å². The first-order valence-electron chi connectivity index (χ1n) is 8.11. The third-order valence-electron chi connectivity index (χ3n) is 4.45. The molecule has 0 spiro atoms. The minimum atomic E-state index is -0.776. The molecule has 1 unspecified atom stereocenters. The fourth-order valence-corrected chi connectivity index (χ4v) is 3.16. The Morgan fingerprint density at radius 2 is 1.96 bits per heavy atom. The van der Waals surface area contributed by atoms with Gasteiger partial charge in [-0.25, -0.2) is 0 Å². The van der Waals surface area contributed by atoms with Gasteiger partial charge in [0.05, 0.1) is 5.57 Å². The number of allylic oxidation sites excluding steroid dienone is 1. The van der Waals surface area contributed by atoms with Crippen LogP contribution < -0.4 is 16.4 Å². The molecular formula is C18H20N4O3. The lowest BCUT2D eigenvalue weighted by Gasteiger charge is -2.40. The lowest BCUT2D eigenvalue weighted by Crippen LogP contribution is -2.52. The first kappa shape index (κ1) is 16.8. The van der Waals surface area contributed by atoms with Crippen molar-refractivity contribution in [1.82, 2.24) is 10.2 Å². The molecule has 1 aromatic carbocycles. The standard InChI is InChI=1S/C18H20N4O3/c1-10-8-9-13(17(24)21-12-6-4-3-5-7-12)16-20-11(2)14(15(19)23)18(25)22(10)16/h3-7,10,20H,8-9H2,1-2H3,(H2,19,23)(H,21,24).